The van der Waals surface area contributed by atoms with Gasteiger partial charge >= 0.3 is 6.03 Å². The van der Waals surface area contributed by atoms with E-state index in [9.17, 15) is 9.59 Å². The highest BCUT2D eigenvalue weighted by molar-refractivity contribution is 7.10. The monoisotopic (exact) mass is 418 g/mol. The molecule has 0 saturated carbocycles. The van der Waals surface area contributed by atoms with Gasteiger partial charge in [0.15, 0.2) is 0 Å². The summed E-state index contributed by atoms with van der Waals surface area (Å²) in [5, 5.41) is 2.12. The first-order valence-electron chi connectivity index (χ1n) is 11.2. The number of urea groups is 1. The molecule has 0 bridgehead atoms. The molecule has 4 heterocycles. The summed E-state index contributed by atoms with van der Waals surface area (Å²) in [5.41, 5.74) is 1.29. The van der Waals surface area contributed by atoms with Crippen molar-refractivity contribution in [1.29, 1.82) is 0 Å². The van der Waals surface area contributed by atoms with Crippen molar-refractivity contribution < 1.29 is 9.59 Å². The number of rotatable bonds is 4. The summed E-state index contributed by atoms with van der Waals surface area (Å²) in [6, 6.07) is 2.74. The van der Waals surface area contributed by atoms with Gasteiger partial charge in [-0.1, -0.05) is 13.8 Å². The second kappa shape index (κ2) is 9.04. The highest BCUT2D eigenvalue weighted by atomic mass is 32.1. The van der Waals surface area contributed by atoms with Crippen LogP contribution in [0, 0.1) is 5.92 Å². The van der Waals surface area contributed by atoms with E-state index in [2.05, 4.69) is 35.1 Å². The number of carbonyl (C=O) groups is 2. The van der Waals surface area contributed by atoms with Gasteiger partial charge in [0.2, 0.25) is 5.91 Å². The van der Waals surface area contributed by atoms with E-state index in [4.69, 9.17) is 0 Å². The summed E-state index contributed by atoms with van der Waals surface area (Å²) in [6.45, 7) is 11.0. The molecule has 2 saturated heterocycles. The number of thiophene rings is 1. The van der Waals surface area contributed by atoms with Gasteiger partial charge < -0.3 is 14.7 Å². The summed E-state index contributed by atoms with van der Waals surface area (Å²) in [4.78, 5) is 36.1. The third kappa shape index (κ3) is 4.31. The fraction of sp³-hybridized carbons (Fsp3) is 0.727. The van der Waals surface area contributed by atoms with E-state index < -0.39 is 0 Å². The lowest BCUT2D eigenvalue weighted by Gasteiger charge is -2.38. The molecule has 3 aliphatic heterocycles. The highest BCUT2D eigenvalue weighted by Crippen LogP contribution is 2.27. The SMILES string of the molecule is CCN(CC)C1CCN(C(=O)C2CCCN(C(=O)N3CCc4sccc4C3)C2)C1. The Morgan fingerprint density at radius 3 is 2.69 bits per heavy atom. The summed E-state index contributed by atoms with van der Waals surface area (Å²) >= 11 is 1.79. The minimum absolute atomic E-state index is 0.0374. The van der Waals surface area contributed by atoms with Gasteiger partial charge in [0.25, 0.3) is 0 Å². The number of fused-ring (bicyclic) bond motifs is 1. The first-order chi connectivity index (χ1) is 14.1. The van der Waals surface area contributed by atoms with Crippen LogP contribution in [0.25, 0.3) is 0 Å². The number of carbonyl (C=O) groups excluding carboxylic acids is 2. The average molecular weight is 419 g/mol. The molecule has 160 valence electrons. The van der Waals surface area contributed by atoms with Gasteiger partial charge in [-0.25, -0.2) is 4.79 Å². The summed E-state index contributed by atoms with van der Waals surface area (Å²) < 4.78 is 0. The summed E-state index contributed by atoms with van der Waals surface area (Å²) in [7, 11) is 0. The van der Waals surface area contributed by atoms with Crippen molar-refractivity contribution in [2.45, 2.75) is 52.1 Å². The van der Waals surface area contributed by atoms with E-state index in [1.165, 1.54) is 10.4 Å². The Bertz CT molecular complexity index is 732. The van der Waals surface area contributed by atoms with Gasteiger partial charge in [-0.15, -0.1) is 11.3 Å². The Labute approximate surface area is 178 Å². The lowest BCUT2D eigenvalue weighted by Crippen LogP contribution is -2.51. The van der Waals surface area contributed by atoms with Gasteiger partial charge in [0.05, 0.1) is 5.92 Å². The Hall–Kier alpha value is -1.60. The molecule has 2 fully saturated rings. The lowest BCUT2D eigenvalue weighted by molar-refractivity contribution is -0.136. The van der Waals surface area contributed by atoms with Gasteiger partial charge in [-0.05, 0) is 55.8 Å². The van der Waals surface area contributed by atoms with Crippen molar-refractivity contribution in [3.05, 3.63) is 21.9 Å². The molecule has 4 rings (SSSR count). The number of likely N-dealkylation sites (N-methyl/N-ethyl adjacent to an activating group) is 1. The van der Waals surface area contributed by atoms with Crippen molar-refractivity contribution >= 4 is 23.3 Å². The fourth-order valence-electron chi connectivity index (χ4n) is 5.20. The van der Waals surface area contributed by atoms with E-state index >= 15 is 0 Å². The molecule has 1 aromatic heterocycles. The van der Waals surface area contributed by atoms with E-state index in [-0.39, 0.29) is 17.9 Å². The molecule has 7 heteroatoms. The van der Waals surface area contributed by atoms with Crippen molar-refractivity contribution in [2.75, 3.05) is 45.8 Å². The smallest absolute Gasteiger partial charge is 0.320 e. The van der Waals surface area contributed by atoms with Crippen LogP contribution in [0.4, 0.5) is 4.79 Å². The van der Waals surface area contributed by atoms with Gasteiger partial charge in [0, 0.05) is 50.2 Å². The predicted octanol–water partition coefficient (Wildman–Crippen LogP) is 2.88. The first-order valence-corrected chi connectivity index (χ1v) is 12.1. The average Bonchev–Trinajstić information content (AvgIpc) is 3.43. The molecule has 0 N–H and O–H groups in total. The van der Waals surface area contributed by atoms with Crippen LogP contribution in [0.15, 0.2) is 11.4 Å². The lowest BCUT2D eigenvalue weighted by atomic mass is 9.96. The second-order valence-corrected chi connectivity index (χ2v) is 9.56. The van der Waals surface area contributed by atoms with Crippen LogP contribution in [0.3, 0.4) is 0 Å². The Kier molecular flexibility index (Phi) is 6.44. The molecule has 3 amide bonds. The predicted molar refractivity (Wildman–Crippen MR) is 116 cm³/mol. The van der Waals surface area contributed by atoms with Crippen molar-refractivity contribution in [3.63, 3.8) is 0 Å². The molecule has 0 aromatic carbocycles. The fourth-order valence-corrected chi connectivity index (χ4v) is 6.09. The Morgan fingerprint density at radius 2 is 1.90 bits per heavy atom. The topological polar surface area (TPSA) is 47.1 Å². The van der Waals surface area contributed by atoms with Crippen LogP contribution < -0.4 is 0 Å². The molecule has 29 heavy (non-hydrogen) atoms. The first kappa shape index (κ1) is 20.7. The van der Waals surface area contributed by atoms with E-state index in [1.807, 2.05) is 9.80 Å². The van der Waals surface area contributed by atoms with Gasteiger partial charge in [0.1, 0.15) is 0 Å². The normalized spacial score (nSPS) is 24.9. The van der Waals surface area contributed by atoms with E-state index in [0.29, 0.717) is 19.1 Å². The molecule has 0 spiro atoms. The molecule has 6 nitrogen and oxygen atoms in total. The zero-order chi connectivity index (χ0) is 20.4. The molecular weight excluding hydrogens is 384 g/mol. The number of nitrogens with zero attached hydrogens (tertiary/aromatic N) is 4. The van der Waals surface area contributed by atoms with Gasteiger partial charge in [-0.3, -0.25) is 9.69 Å². The van der Waals surface area contributed by atoms with Crippen LogP contribution in [-0.4, -0.2) is 83.4 Å². The van der Waals surface area contributed by atoms with Crippen LogP contribution in [0.2, 0.25) is 0 Å². The maximum Gasteiger partial charge on any atom is 0.320 e. The van der Waals surface area contributed by atoms with Crippen LogP contribution in [0.5, 0.6) is 0 Å². The number of hydrogen-bond donors (Lipinski definition) is 0. The molecule has 2 unspecified atom stereocenters. The Balaban J connectivity index is 1.34. The van der Waals surface area contributed by atoms with Crippen molar-refractivity contribution in [1.82, 2.24) is 19.6 Å². The molecule has 2 atom stereocenters. The minimum Gasteiger partial charge on any atom is -0.341 e. The van der Waals surface area contributed by atoms with Crippen molar-refractivity contribution in [3.8, 4) is 0 Å². The van der Waals surface area contributed by atoms with Crippen LogP contribution >= 0.6 is 11.3 Å². The van der Waals surface area contributed by atoms with E-state index in [1.54, 1.807) is 11.3 Å². The summed E-state index contributed by atoms with van der Waals surface area (Å²) in [6.07, 6.45) is 3.85. The number of hydrogen-bond acceptors (Lipinski definition) is 4. The molecule has 0 aliphatic carbocycles. The minimum atomic E-state index is -0.0374. The molecule has 1 aromatic rings. The molecular formula is C22H34N4O2S. The third-order valence-corrected chi connectivity index (χ3v) is 7.95. The van der Waals surface area contributed by atoms with Crippen molar-refractivity contribution in [2.24, 2.45) is 5.92 Å². The molecule has 0 radical (unpaired) electrons. The zero-order valence-electron chi connectivity index (χ0n) is 17.8. The van der Waals surface area contributed by atoms with E-state index in [0.717, 1.165) is 65.0 Å². The maximum absolute atomic E-state index is 13.2. The van der Waals surface area contributed by atoms with Crippen LogP contribution in [0.1, 0.15) is 43.6 Å². The maximum atomic E-state index is 13.2. The Morgan fingerprint density at radius 1 is 1.07 bits per heavy atom. The zero-order valence-corrected chi connectivity index (χ0v) is 18.6. The largest absolute Gasteiger partial charge is 0.341 e. The second-order valence-electron chi connectivity index (χ2n) is 8.56. The number of amides is 3. The number of likely N-dealkylation sites (tertiary alicyclic amines) is 2. The number of piperidine rings is 1. The third-order valence-electron chi connectivity index (χ3n) is 6.92. The summed E-state index contributed by atoms with van der Waals surface area (Å²) in [5.74, 6) is 0.223. The standard InChI is InChI=1S/C22H34N4O2S/c1-3-23(4-2)19-7-11-24(16-19)21(27)18-6-5-10-25(15-18)22(28)26-12-8-20-17(14-26)9-13-29-20/h9,13,18-19H,3-8,10-12,14-16H2,1-2H3. The van der Waals surface area contributed by atoms with Crippen LogP contribution in [-0.2, 0) is 17.8 Å². The highest BCUT2D eigenvalue weighted by Gasteiger charge is 2.36. The van der Waals surface area contributed by atoms with Gasteiger partial charge in [-0.2, -0.15) is 0 Å². The quantitative estimate of drug-likeness (QED) is 0.755. The molecule has 3 aliphatic rings.